The lowest BCUT2D eigenvalue weighted by atomic mass is 9.85. The minimum atomic E-state index is -0.646. The quantitative estimate of drug-likeness (QED) is 0.443. The molecule has 0 bridgehead atoms. The number of nitrogens with one attached hydrogen (secondary N) is 1. The van der Waals surface area contributed by atoms with Gasteiger partial charge in [0.05, 0.1) is 12.6 Å². The average molecular weight is 438 g/mol. The number of amides is 2. The zero-order chi connectivity index (χ0) is 23.8. The highest BCUT2D eigenvalue weighted by Crippen LogP contribution is 2.24. The number of esters is 1. The maximum absolute atomic E-state index is 13.4. The van der Waals surface area contributed by atoms with Crippen LogP contribution < -0.4 is 5.32 Å². The van der Waals surface area contributed by atoms with Gasteiger partial charge in [0.15, 0.2) is 0 Å². The van der Waals surface area contributed by atoms with Gasteiger partial charge < -0.3 is 15.0 Å². The van der Waals surface area contributed by atoms with E-state index >= 15 is 0 Å². The van der Waals surface area contributed by atoms with Crippen LogP contribution in [0.1, 0.15) is 74.7 Å². The summed E-state index contributed by atoms with van der Waals surface area (Å²) in [6.45, 7) is 17.4. The van der Waals surface area contributed by atoms with Crippen LogP contribution in [0.4, 0.5) is 0 Å². The van der Waals surface area contributed by atoms with Gasteiger partial charge in [-0.25, -0.2) is 4.79 Å². The Morgan fingerprint density at radius 1 is 1.19 bits per heavy atom. The maximum atomic E-state index is 13.4. The summed E-state index contributed by atoms with van der Waals surface area (Å²) < 4.78 is 5.01. The van der Waals surface area contributed by atoms with Crippen LogP contribution in [-0.4, -0.2) is 72.0 Å². The Balaban J connectivity index is 2.99. The van der Waals surface area contributed by atoms with Crippen molar-refractivity contribution >= 4 is 17.8 Å². The van der Waals surface area contributed by atoms with E-state index in [1.54, 1.807) is 24.8 Å². The third kappa shape index (κ3) is 7.95. The summed E-state index contributed by atoms with van der Waals surface area (Å²) in [6, 6.07) is -0.567. The van der Waals surface area contributed by atoms with Crippen LogP contribution in [0.5, 0.6) is 0 Å². The van der Waals surface area contributed by atoms with Crippen molar-refractivity contribution in [2.75, 3.05) is 26.2 Å². The summed E-state index contributed by atoms with van der Waals surface area (Å²) in [4.78, 5) is 42.4. The van der Waals surface area contributed by atoms with E-state index in [1.165, 1.54) is 0 Å². The van der Waals surface area contributed by atoms with E-state index in [1.807, 2.05) is 27.7 Å². The molecule has 1 fully saturated rings. The molecule has 7 heteroatoms. The monoisotopic (exact) mass is 437 g/mol. The molecule has 0 radical (unpaired) electrons. The first-order chi connectivity index (χ1) is 14.4. The Kier molecular flexibility index (Phi) is 10.7. The molecule has 0 saturated carbocycles. The van der Waals surface area contributed by atoms with Crippen molar-refractivity contribution in [3.8, 4) is 0 Å². The number of hydrogen-bond donors (Lipinski definition) is 1. The summed E-state index contributed by atoms with van der Waals surface area (Å²) in [6.07, 6.45) is 4.64. The fourth-order valence-electron chi connectivity index (χ4n) is 3.87. The van der Waals surface area contributed by atoms with Crippen molar-refractivity contribution in [3.63, 3.8) is 0 Å². The molecule has 0 aromatic rings. The van der Waals surface area contributed by atoms with E-state index in [0.29, 0.717) is 25.3 Å². The molecule has 0 aromatic heterocycles. The molecule has 2 amide bonds. The fourth-order valence-corrected chi connectivity index (χ4v) is 3.87. The van der Waals surface area contributed by atoms with Gasteiger partial charge in [0.1, 0.15) is 6.04 Å². The van der Waals surface area contributed by atoms with E-state index in [4.69, 9.17) is 4.74 Å². The first-order valence-electron chi connectivity index (χ1n) is 11.6. The molecule has 0 aromatic carbocycles. The number of carbonyl (C=O) groups excluding carboxylic acids is 3. The van der Waals surface area contributed by atoms with Gasteiger partial charge in [-0.3, -0.25) is 14.5 Å². The Hall–Kier alpha value is -1.89. The molecule has 1 N–H and O–H groups in total. The molecule has 7 nitrogen and oxygen atoms in total. The number of piperidine rings is 1. The van der Waals surface area contributed by atoms with Crippen molar-refractivity contribution < 1.29 is 19.1 Å². The van der Waals surface area contributed by atoms with Crippen molar-refractivity contribution in [2.45, 2.75) is 92.8 Å². The molecule has 1 rings (SSSR count). The summed E-state index contributed by atoms with van der Waals surface area (Å²) in [5, 5.41) is 3.07. The SMILES string of the molecule is CCOC(=O)/C(C)=C/CN(CC)C(=O)C(NC(=O)C1CCCCN1C(C)C)C(C)(C)C. The van der Waals surface area contributed by atoms with Gasteiger partial charge in [0.25, 0.3) is 0 Å². The highest BCUT2D eigenvalue weighted by Gasteiger charge is 2.38. The number of carbonyl (C=O) groups is 3. The standard InChI is InChI=1S/C24H43N3O4/c1-9-26(16-14-18(5)23(30)31-10-2)22(29)20(24(6,7)8)25-21(28)19-13-11-12-15-27(19)17(3)4/h14,17,19-20H,9-13,15-16H2,1-8H3,(H,25,28)/b18-14+. The van der Waals surface area contributed by atoms with E-state index in [-0.39, 0.29) is 29.9 Å². The van der Waals surface area contributed by atoms with E-state index in [0.717, 1.165) is 25.8 Å². The average Bonchev–Trinajstić information content (AvgIpc) is 2.71. The molecule has 0 aliphatic carbocycles. The molecule has 1 aliphatic heterocycles. The number of likely N-dealkylation sites (N-methyl/N-ethyl adjacent to an activating group) is 1. The molecule has 178 valence electrons. The largest absolute Gasteiger partial charge is 0.463 e. The summed E-state index contributed by atoms with van der Waals surface area (Å²) in [7, 11) is 0. The highest BCUT2D eigenvalue weighted by molar-refractivity contribution is 5.91. The second-order valence-corrected chi connectivity index (χ2v) is 9.64. The van der Waals surface area contributed by atoms with Crippen molar-refractivity contribution in [2.24, 2.45) is 5.41 Å². The highest BCUT2D eigenvalue weighted by atomic mass is 16.5. The second kappa shape index (κ2) is 12.2. The normalized spacial score (nSPS) is 19.1. The zero-order valence-electron chi connectivity index (χ0n) is 20.8. The van der Waals surface area contributed by atoms with Gasteiger partial charge in [0, 0.05) is 24.7 Å². The summed E-state index contributed by atoms with van der Waals surface area (Å²) in [5.41, 5.74) is 0.0245. The molecule has 2 unspecified atom stereocenters. The summed E-state index contributed by atoms with van der Waals surface area (Å²) >= 11 is 0. The minimum absolute atomic E-state index is 0.0732. The number of likely N-dealkylation sites (tertiary alicyclic amines) is 1. The Morgan fingerprint density at radius 2 is 1.84 bits per heavy atom. The molecule has 2 atom stereocenters. The van der Waals surface area contributed by atoms with Crippen LogP contribution in [-0.2, 0) is 19.1 Å². The fraction of sp³-hybridized carbons (Fsp3) is 0.792. The van der Waals surface area contributed by atoms with Crippen molar-refractivity contribution in [3.05, 3.63) is 11.6 Å². The first kappa shape index (κ1) is 27.1. The molecule has 31 heavy (non-hydrogen) atoms. The number of nitrogens with zero attached hydrogens (tertiary/aromatic N) is 2. The number of ether oxygens (including phenoxy) is 1. The van der Waals surface area contributed by atoms with Gasteiger partial charge in [-0.1, -0.05) is 33.3 Å². The maximum Gasteiger partial charge on any atom is 0.333 e. The number of hydrogen-bond acceptors (Lipinski definition) is 5. The molecule has 0 spiro atoms. The van der Waals surface area contributed by atoms with E-state index < -0.39 is 11.5 Å². The minimum Gasteiger partial charge on any atom is -0.463 e. The number of rotatable bonds is 9. The van der Waals surface area contributed by atoms with Gasteiger partial charge in [-0.2, -0.15) is 0 Å². The Morgan fingerprint density at radius 3 is 2.35 bits per heavy atom. The lowest BCUT2D eigenvalue weighted by Gasteiger charge is -2.40. The predicted octanol–water partition coefficient (Wildman–Crippen LogP) is 3.14. The van der Waals surface area contributed by atoms with E-state index in [9.17, 15) is 14.4 Å². The molecule has 1 aliphatic rings. The third-order valence-corrected chi connectivity index (χ3v) is 5.82. The van der Waals surface area contributed by atoms with Crippen LogP contribution in [0.25, 0.3) is 0 Å². The third-order valence-electron chi connectivity index (χ3n) is 5.82. The first-order valence-corrected chi connectivity index (χ1v) is 11.6. The van der Waals surface area contributed by atoms with Gasteiger partial charge in [-0.15, -0.1) is 0 Å². The zero-order valence-corrected chi connectivity index (χ0v) is 20.8. The molecular weight excluding hydrogens is 394 g/mol. The van der Waals surface area contributed by atoms with Gasteiger partial charge in [0.2, 0.25) is 11.8 Å². The predicted molar refractivity (Wildman–Crippen MR) is 124 cm³/mol. The lowest BCUT2D eigenvalue weighted by Crippen LogP contribution is -2.60. The van der Waals surface area contributed by atoms with Crippen LogP contribution in [0.15, 0.2) is 11.6 Å². The van der Waals surface area contributed by atoms with Crippen LogP contribution in [0.2, 0.25) is 0 Å². The van der Waals surface area contributed by atoms with Crippen LogP contribution in [0.3, 0.4) is 0 Å². The molecule has 1 saturated heterocycles. The van der Waals surface area contributed by atoms with Crippen molar-refractivity contribution in [1.82, 2.24) is 15.1 Å². The van der Waals surface area contributed by atoms with Gasteiger partial charge >= 0.3 is 5.97 Å². The molecule has 1 heterocycles. The Bertz CT molecular complexity index is 652. The Labute approximate surface area is 188 Å². The second-order valence-electron chi connectivity index (χ2n) is 9.64. The molecular formula is C24H43N3O4. The van der Waals surface area contributed by atoms with Crippen LogP contribution >= 0.6 is 0 Å². The summed E-state index contributed by atoms with van der Waals surface area (Å²) in [5.74, 6) is -0.586. The van der Waals surface area contributed by atoms with Gasteiger partial charge in [-0.05, 0) is 59.4 Å². The van der Waals surface area contributed by atoms with Crippen molar-refractivity contribution in [1.29, 1.82) is 0 Å². The van der Waals surface area contributed by atoms with E-state index in [2.05, 4.69) is 24.1 Å². The topological polar surface area (TPSA) is 79.0 Å². The lowest BCUT2D eigenvalue weighted by molar-refractivity contribution is -0.141. The smallest absolute Gasteiger partial charge is 0.333 e. The van der Waals surface area contributed by atoms with Crippen LogP contribution in [0, 0.1) is 5.41 Å².